The normalized spacial score (nSPS) is 19.5. The van der Waals surface area contributed by atoms with Gasteiger partial charge in [-0.25, -0.2) is 4.39 Å². The number of rotatable bonds is 5. The van der Waals surface area contributed by atoms with Crippen LogP contribution in [0.5, 0.6) is 0 Å². The first-order chi connectivity index (χ1) is 13.7. The molecule has 0 radical (unpaired) electrons. The number of aromatic nitrogens is 2. The fourth-order valence-corrected chi connectivity index (χ4v) is 4.44. The van der Waals surface area contributed by atoms with Crippen molar-refractivity contribution in [1.29, 1.82) is 0 Å². The summed E-state index contributed by atoms with van der Waals surface area (Å²) in [5, 5.41) is 8.18. The van der Waals surface area contributed by atoms with Crippen LogP contribution in [0.25, 0.3) is 0 Å². The number of likely N-dealkylation sites (tertiary alicyclic amines) is 1. The molecule has 1 aliphatic carbocycles. The standard InChI is InChI=1S/C22H29FN4O/c1-2-27-20-11-10-17(24-15-16-8-4-5-9-19(16)23)14-18(20)21(25-27)22(28)26-12-6-3-7-13-26/h4-5,8-9,17,24H,2-3,6-7,10-15H2,1H3. The van der Waals surface area contributed by atoms with Crippen LogP contribution in [0.4, 0.5) is 4.39 Å². The van der Waals surface area contributed by atoms with E-state index in [0.717, 1.165) is 57.3 Å². The van der Waals surface area contributed by atoms with Crippen LogP contribution < -0.4 is 5.32 Å². The number of hydrogen-bond acceptors (Lipinski definition) is 3. The highest BCUT2D eigenvalue weighted by molar-refractivity contribution is 5.94. The van der Waals surface area contributed by atoms with Crippen molar-refractivity contribution in [1.82, 2.24) is 20.0 Å². The molecule has 6 heteroatoms. The predicted octanol–water partition coefficient (Wildman–Crippen LogP) is 3.32. The molecule has 2 aliphatic rings. The molecule has 0 bridgehead atoms. The van der Waals surface area contributed by atoms with E-state index in [0.29, 0.717) is 17.8 Å². The zero-order chi connectivity index (χ0) is 19.5. The Morgan fingerprint density at radius 2 is 2.04 bits per heavy atom. The Bertz CT molecular complexity index is 841. The second-order valence-corrected chi connectivity index (χ2v) is 7.85. The molecule has 1 unspecified atom stereocenters. The number of carbonyl (C=O) groups excluding carboxylic acids is 1. The predicted molar refractivity (Wildman–Crippen MR) is 107 cm³/mol. The van der Waals surface area contributed by atoms with Crippen molar-refractivity contribution in [2.75, 3.05) is 13.1 Å². The number of halogens is 1. The van der Waals surface area contributed by atoms with Gasteiger partial charge in [0.1, 0.15) is 5.82 Å². The zero-order valence-corrected chi connectivity index (χ0v) is 16.6. The molecule has 1 saturated heterocycles. The number of nitrogens with zero attached hydrogens (tertiary/aromatic N) is 3. The van der Waals surface area contributed by atoms with Crippen molar-refractivity contribution in [3.05, 3.63) is 52.6 Å². The third kappa shape index (κ3) is 3.83. The van der Waals surface area contributed by atoms with E-state index in [1.54, 1.807) is 6.07 Å². The number of carbonyl (C=O) groups is 1. The first-order valence-corrected chi connectivity index (χ1v) is 10.5. The minimum Gasteiger partial charge on any atom is -0.337 e. The van der Waals surface area contributed by atoms with Crippen LogP contribution in [-0.4, -0.2) is 39.7 Å². The minimum atomic E-state index is -0.175. The fourth-order valence-electron chi connectivity index (χ4n) is 4.44. The van der Waals surface area contributed by atoms with Gasteiger partial charge in [0, 0.05) is 49.0 Å². The number of piperidine rings is 1. The molecular formula is C22H29FN4O. The molecule has 0 saturated carbocycles. The Hall–Kier alpha value is -2.21. The van der Waals surface area contributed by atoms with E-state index in [1.807, 2.05) is 21.7 Å². The first-order valence-electron chi connectivity index (χ1n) is 10.5. The summed E-state index contributed by atoms with van der Waals surface area (Å²) in [6, 6.07) is 7.12. The first kappa shape index (κ1) is 19.1. The van der Waals surface area contributed by atoms with E-state index in [4.69, 9.17) is 0 Å². The molecule has 2 heterocycles. The quantitative estimate of drug-likeness (QED) is 0.860. The average Bonchev–Trinajstić information content (AvgIpc) is 3.11. The summed E-state index contributed by atoms with van der Waals surface area (Å²) < 4.78 is 15.9. The molecule has 1 fully saturated rings. The number of fused-ring (bicyclic) bond motifs is 1. The lowest BCUT2D eigenvalue weighted by atomic mass is 9.90. The third-order valence-electron chi connectivity index (χ3n) is 6.03. The van der Waals surface area contributed by atoms with Gasteiger partial charge >= 0.3 is 0 Å². The van der Waals surface area contributed by atoms with Crippen molar-refractivity contribution >= 4 is 5.91 Å². The fraction of sp³-hybridized carbons (Fsp3) is 0.545. The number of aryl methyl sites for hydroxylation is 1. The van der Waals surface area contributed by atoms with E-state index in [2.05, 4.69) is 17.3 Å². The van der Waals surface area contributed by atoms with Crippen LogP contribution in [-0.2, 0) is 25.9 Å². The minimum absolute atomic E-state index is 0.0814. The van der Waals surface area contributed by atoms with Crippen LogP contribution in [0.2, 0.25) is 0 Å². The van der Waals surface area contributed by atoms with Crippen LogP contribution in [0.1, 0.15) is 59.9 Å². The lowest BCUT2D eigenvalue weighted by molar-refractivity contribution is 0.0716. The van der Waals surface area contributed by atoms with Crippen molar-refractivity contribution in [3.63, 3.8) is 0 Å². The summed E-state index contributed by atoms with van der Waals surface area (Å²) in [4.78, 5) is 15.1. The zero-order valence-electron chi connectivity index (χ0n) is 16.6. The monoisotopic (exact) mass is 384 g/mol. The van der Waals surface area contributed by atoms with Gasteiger partial charge in [-0.1, -0.05) is 18.2 Å². The van der Waals surface area contributed by atoms with Gasteiger partial charge in [0.05, 0.1) is 0 Å². The molecule has 2 aromatic rings. The summed E-state index contributed by atoms with van der Waals surface area (Å²) in [5.74, 6) is -0.0934. The van der Waals surface area contributed by atoms with Crippen LogP contribution in [0, 0.1) is 5.82 Å². The van der Waals surface area contributed by atoms with Gasteiger partial charge in [-0.05, 0) is 51.5 Å². The second-order valence-electron chi connectivity index (χ2n) is 7.85. The van der Waals surface area contributed by atoms with E-state index in [1.165, 1.54) is 18.2 Å². The molecular weight excluding hydrogens is 355 g/mol. The van der Waals surface area contributed by atoms with E-state index < -0.39 is 0 Å². The number of amides is 1. The molecule has 5 nitrogen and oxygen atoms in total. The Balaban J connectivity index is 1.51. The lowest BCUT2D eigenvalue weighted by Gasteiger charge is -2.28. The largest absolute Gasteiger partial charge is 0.337 e. The number of benzene rings is 1. The molecule has 1 aliphatic heterocycles. The summed E-state index contributed by atoms with van der Waals surface area (Å²) in [5.41, 5.74) is 3.61. The SMILES string of the molecule is CCn1nc(C(=O)N2CCCCC2)c2c1CCC(NCc1ccccc1F)C2. The summed E-state index contributed by atoms with van der Waals surface area (Å²) in [6.07, 6.45) is 6.01. The molecule has 1 aromatic heterocycles. The van der Waals surface area contributed by atoms with Crippen molar-refractivity contribution in [3.8, 4) is 0 Å². The van der Waals surface area contributed by atoms with E-state index in [-0.39, 0.29) is 17.8 Å². The lowest BCUT2D eigenvalue weighted by Crippen LogP contribution is -2.38. The van der Waals surface area contributed by atoms with Crippen LogP contribution in [0.15, 0.2) is 24.3 Å². The topological polar surface area (TPSA) is 50.2 Å². The highest BCUT2D eigenvalue weighted by atomic mass is 19.1. The van der Waals surface area contributed by atoms with Gasteiger partial charge in [0.15, 0.2) is 5.69 Å². The summed E-state index contributed by atoms with van der Waals surface area (Å²) in [6.45, 7) is 5.03. The highest BCUT2D eigenvalue weighted by Gasteiger charge is 2.31. The third-order valence-corrected chi connectivity index (χ3v) is 6.03. The van der Waals surface area contributed by atoms with Gasteiger partial charge in [0.2, 0.25) is 0 Å². The molecule has 4 rings (SSSR count). The molecule has 0 spiro atoms. The van der Waals surface area contributed by atoms with Gasteiger partial charge in [0.25, 0.3) is 5.91 Å². The Labute approximate surface area is 165 Å². The molecule has 1 amide bonds. The smallest absolute Gasteiger partial charge is 0.274 e. The maximum atomic E-state index is 13.9. The van der Waals surface area contributed by atoms with Crippen molar-refractivity contribution in [2.45, 2.75) is 64.6 Å². The van der Waals surface area contributed by atoms with Crippen LogP contribution >= 0.6 is 0 Å². The van der Waals surface area contributed by atoms with Gasteiger partial charge in [-0.15, -0.1) is 0 Å². The summed E-state index contributed by atoms with van der Waals surface area (Å²) >= 11 is 0. The second kappa shape index (κ2) is 8.43. The number of nitrogens with one attached hydrogen (secondary N) is 1. The molecule has 1 aromatic carbocycles. The van der Waals surface area contributed by atoms with Crippen molar-refractivity contribution in [2.24, 2.45) is 0 Å². The van der Waals surface area contributed by atoms with Gasteiger partial charge in [-0.2, -0.15) is 5.10 Å². The Kier molecular flexibility index (Phi) is 5.76. The van der Waals surface area contributed by atoms with Crippen LogP contribution in [0.3, 0.4) is 0 Å². The molecule has 1 N–H and O–H groups in total. The Morgan fingerprint density at radius 1 is 1.25 bits per heavy atom. The Morgan fingerprint density at radius 3 is 2.79 bits per heavy atom. The number of hydrogen-bond donors (Lipinski definition) is 1. The highest BCUT2D eigenvalue weighted by Crippen LogP contribution is 2.27. The van der Waals surface area contributed by atoms with Gasteiger partial charge < -0.3 is 10.2 Å². The maximum absolute atomic E-state index is 13.9. The van der Waals surface area contributed by atoms with E-state index >= 15 is 0 Å². The van der Waals surface area contributed by atoms with Gasteiger partial charge in [-0.3, -0.25) is 9.48 Å². The van der Waals surface area contributed by atoms with Crippen molar-refractivity contribution < 1.29 is 9.18 Å². The van der Waals surface area contributed by atoms with E-state index in [9.17, 15) is 9.18 Å². The molecule has 150 valence electrons. The molecule has 1 atom stereocenters. The maximum Gasteiger partial charge on any atom is 0.274 e. The summed E-state index contributed by atoms with van der Waals surface area (Å²) in [7, 11) is 0. The molecule has 28 heavy (non-hydrogen) atoms. The average molecular weight is 384 g/mol.